The van der Waals surface area contributed by atoms with Crippen molar-refractivity contribution in [2.24, 2.45) is 0 Å². The molecule has 0 saturated heterocycles. The first-order valence-corrected chi connectivity index (χ1v) is 10.7. The lowest BCUT2D eigenvalue weighted by molar-refractivity contribution is -0.139. The standard InChI is InChI=1S/C24H27FN2O5/c25-19-8-5-6-17(14-19)15-26-24(30)22(28)21-10-3-4-11-31-12-13-32-16-18-7-1-2-9-20(18)23(29)27-21/h1-2,5-9,14,21H,3-4,10-13,15-16H2,(H,26,30)(H,27,29). The van der Waals surface area contributed by atoms with E-state index >= 15 is 0 Å². The molecule has 0 fully saturated rings. The van der Waals surface area contributed by atoms with Gasteiger partial charge in [-0.2, -0.15) is 0 Å². The van der Waals surface area contributed by atoms with Gasteiger partial charge in [0, 0.05) is 18.7 Å². The molecule has 1 heterocycles. The molecule has 1 aliphatic rings. The highest BCUT2D eigenvalue weighted by atomic mass is 19.1. The Morgan fingerprint density at radius 3 is 2.69 bits per heavy atom. The summed E-state index contributed by atoms with van der Waals surface area (Å²) in [6.07, 6.45) is 1.58. The minimum absolute atomic E-state index is 0.0109. The van der Waals surface area contributed by atoms with Gasteiger partial charge in [-0.1, -0.05) is 30.3 Å². The molecule has 8 heteroatoms. The highest BCUT2D eigenvalue weighted by Gasteiger charge is 2.27. The SMILES string of the molecule is O=C(NCc1cccc(F)c1)C(=O)C1CCCCOCCOCc2ccccc2C(=O)N1. The molecule has 0 spiro atoms. The zero-order valence-electron chi connectivity index (χ0n) is 17.8. The number of halogens is 1. The Labute approximate surface area is 186 Å². The summed E-state index contributed by atoms with van der Waals surface area (Å²) in [5, 5.41) is 5.22. The van der Waals surface area contributed by atoms with Crippen molar-refractivity contribution >= 4 is 17.6 Å². The molecule has 0 aliphatic carbocycles. The Morgan fingerprint density at radius 2 is 1.84 bits per heavy atom. The molecule has 1 unspecified atom stereocenters. The molecular formula is C24H27FN2O5. The third-order valence-electron chi connectivity index (χ3n) is 5.11. The van der Waals surface area contributed by atoms with E-state index in [2.05, 4.69) is 10.6 Å². The third-order valence-corrected chi connectivity index (χ3v) is 5.11. The summed E-state index contributed by atoms with van der Waals surface area (Å²) in [5.74, 6) is -2.43. The Morgan fingerprint density at radius 1 is 1.03 bits per heavy atom. The average Bonchev–Trinajstić information content (AvgIpc) is 2.80. The fourth-order valence-corrected chi connectivity index (χ4v) is 3.40. The maximum atomic E-state index is 13.3. The summed E-state index contributed by atoms with van der Waals surface area (Å²) in [7, 11) is 0. The molecule has 32 heavy (non-hydrogen) atoms. The van der Waals surface area contributed by atoms with Crippen molar-refractivity contribution in [2.45, 2.75) is 38.5 Å². The van der Waals surface area contributed by atoms with Crippen molar-refractivity contribution in [3.05, 3.63) is 71.0 Å². The number of carbonyl (C=O) groups excluding carboxylic acids is 3. The van der Waals surface area contributed by atoms with Crippen LogP contribution in [0.4, 0.5) is 4.39 Å². The molecule has 3 rings (SSSR count). The molecule has 2 aromatic rings. The predicted molar refractivity (Wildman–Crippen MR) is 115 cm³/mol. The number of nitrogens with one attached hydrogen (secondary N) is 2. The zero-order valence-corrected chi connectivity index (χ0v) is 17.8. The van der Waals surface area contributed by atoms with E-state index in [0.717, 1.165) is 0 Å². The summed E-state index contributed by atoms with van der Waals surface area (Å²) < 4.78 is 24.4. The second-order valence-corrected chi connectivity index (χ2v) is 7.52. The van der Waals surface area contributed by atoms with Crippen LogP contribution >= 0.6 is 0 Å². The quantitative estimate of drug-likeness (QED) is 0.710. The van der Waals surface area contributed by atoms with Crippen LogP contribution in [0.5, 0.6) is 0 Å². The minimum atomic E-state index is -0.980. The van der Waals surface area contributed by atoms with Gasteiger partial charge in [-0.05, 0) is 48.6 Å². The molecule has 2 amide bonds. The molecule has 1 atom stereocenters. The normalized spacial score (nSPS) is 18.0. The first-order valence-electron chi connectivity index (χ1n) is 10.7. The number of ketones is 1. The second-order valence-electron chi connectivity index (χ2n) is 7.52. The van der Waals surface area contributed by atoms with Gasteiger partial charge in [0.1, 0.15) is 5.82 Å². The van der Waals surface area contributed by atoms with Crippen LogP contribution in [0.2, 0.25) is 0 Å². The van der Waals surface area contributed by atoms with Gasteiger partial charge in [-0.15, -0.1) is 0 Å². The molecule has 0 saturated carbocycles. The monoisotopic (exact) mass is 442 g/mol. The van der Waals surface area contributed by atoms with Crippen LogP contribution in [-0.4, -0.2) is 43.5 Å². The van der Waals surface area contributed by atoms with E-state index in [9.17, 15) is 18.8 Å². The summed E-state index contributed by atoms with van der Waals surface area (Å²) in [4.78, 5) is 38.2. The van der Waals surface area contributed by atoms with Crippen molar-refractivity contribution in [2.75, 3.05) is 19.8 Å². The van der Waals surface area contributed by atoms with Crippen molar-refractivity contribution in [3.63, 3.8) is 0 Å². The number of ether oxygens (including phenoxy) is 2. The van der Waals surface area contributed by atoms with E-state index in [1.807, 2.05) is 0 Å². The molecule has 170 valence electrons. The van der Waals surface area contributed by atoms with Gasteiger partial charge in [0.15, 0.2) is 0 Å². The van der Waals surface area contributed by atoms with Crippen LogP contribution in [0.1, 0.15) is 40.7 Å². The first kappa shape index (κ1) is 23.6. The van der Waals surface area contributed by atoms with Gasteiger partial charge < -0.3 is 20.1 Å². The minimum Gasteiger partial charge on any atom is -0.379 e. The number of amides is 2. The van der Waals surface area contributed by atoms with Crippen LogP contribution in [-0.2, 0) is 32.2 Å². The van der Waals surface area contributed by atoms with Crippen LogP contribution in [0.3, 0.4) is 0 Å². The lowest BCUT2D eigenvalue weighted by Crippen LogP contribution is -2.47. The lowest BCUT2D eigenvalue weighted by atomic mass is 10.0. The fraction of sp³-hybridized carbons (Fsp3) is 0.375. The fourth-order valence-electron chi connectivity index (χ4n) is 3.40. The Kier molecular flexibility index (Phi) is 8.89. The van der Waals surface area contributed by atoms with Crippen LogP contribution in [0.25, 0.3) is 0 Å². The highest BCUT2D eigenvalue weighted by molar-refractivity contribution is 6.38. The third kappa shape index (κ3) is 6.96. The lowest BCUT2D eigenvalue weighted by Gasteiger charge is -2.19. The highest BCUT2D eigenvalue weighted by Crippen LogP contribution is 2.13. The summed E-state index contributed by atoms with van der Waals surface area (Å²) in [5.41, 5.74) is 1.61. The molecule has 2 aromatic carbocycles. The topological polar surface area (TPSA) is 93.7 Å². The molecule has 0 aromatic heterocycles. The van der Waals surface area contributed by atoms with Gasteiger partial charge in [-0.3, -0.25) is 14.4 Å². The van der Waals surface area contributed by atoms with Crippen LogP contribution < -0.4 is 10.6 Å². The van der Waals surface area contributed by atoms with E-state index in [1.165, 1.54) is 18.2 Å². The summed E-state index contributed by atoms with van der Waals surface area (Å²) in [6, 6.07) is 11.7. The summed E-state index contributed by atoms with van der Waals surface area (Å²) in [6.45, 7) is 1.61. The van der Waals surface area contributed by atoms with Gasteiger partial charge >= 0.3 is 0 Å². The van der Waals surface area contributed by atoms with Crippen molar-refractivity contribution in [1.82, 2.24) is 10.6 Å². The number of hydrogen-bond acceptors (Lipinski definition) is 5. The van der Waals surface area contributed by atoms with E-state index in [1.54, 1.807) is 30.3 Å². The maximum absolute atomic E-state index is 13.3. The Balaban J connectivity index is 1.70. The molecule has 7 nitrogen and oxygen atoms in total. The number of carbonyl (C=O) groups is 3. The van der Waals surface area contributed by atoms with E-state index < -0.39 is 29.5 Å². The van der Waals surface area contributed by atoms with Crippen molar-refractivity contribution in [3.8, 4) is 0 Å². The summed E-state index contributed by atoms with van der Waals surface area (Å²) >= 11 is 0. The first-order chi connectivity index (χ1) is 15.5. The van der Waals surface area contributed by atoms with Gasteiger partial charge in [0.05, 0.1) is 25.9 Å². The zero-order chi connectivity index (χ0) is 22.8. The number of benzene rings is 2. The van der Waals surface area contributed by atoms with Gasteiger partial charge in [0.25, 0.3) is 11.8 Å². The van der Waals surface area contributed by atoms with Crippen LogP contribution in [0, 0.1) is 5.82 Å². The number of rotatable bonds is 4. The molecule has 0 bridgehead atoms. The maximum Gasteiger partial charge on any atom is 0.289 e. The number of Topliss-reactive ketones (excluding diaryl/α,β-unsaturated/α-hetero) is 1. The van der Waals surface area contributed by atoms with Crippen molar-refractivity contribution in [1.29, 1.82) is 0 Å². The largest absolute Gasteiger partial charge is 0.379 e. The van der Waals surface area contributed by atoms with Gasteiger partial charge in [-0.25, -0.2) is 4.39 Å². The van der Waals surface area contributed by atoms with E-state index in [-0.39, 0.29) is 13.2 Å². The smallest absolute Gasteiger partial charge is 0.289 e. The average molecular weight is 442 g/mol. The van der Waals surface area contributed by atoms with Crippen LogP contribution in [0.15, 0.2) is 48.5 Å². The molecule has 2 N–H and O–H groups in total. The number of hydrogen-bond donors (Lipinski definition) is 2. The Bertz CT molecular complexity index is 949. The molecular weight excluding hydrogens is 415 g/mol. The molecule has 0 radical (unpaired) electrons. The van der Waals surface area contributed by atoms with Gasteiger partial charge in [0.2, 0.25) is 5.78 Å². The second kappa shape index (κ2) is 12.1. The molecule has 1 aliphatic heterocycles. The van der Waals surface area contributed by atoms with Crippen molar-refractivity contribution < 1.29 is 28.2 Å². The predicted octanol–water partition coefficient (Wildman–Crippen LogP) is 2.53. The Hall–Kier alpha value is -3.10. The van der Waals surface area contributed by atoms with E-state index in [4.69, 9.17) is 9.47 Å². The van der Waals surface area contributed by atoms with E-state index in [0.29, 0.717) is 55.8 Å². The number of fused-ring (bicyclic) bond motifs is 1.